The molecule has 0 radical (unpaired) electrons. The molecule has 4 nitrogen and oxygen atoms in total. The van der Waals surface area contributed by atoms with Gasteiger partial charge in [0.1, 0.15) is 12.3 Å². The Hall–Kier alpha value is -3.14. The van der Waals surface area contributed by atoms with E-state index in [4.69, 9.17) is 39.5 Å². The summed E-state index contributed by atoms with van der Waals surface area (Å²) in [4.78, 5) is 12.8. The van der Waals surface area contributed by atoms with Crippen molar-refractivity contribution in [2.75, 3.05) is 5.01 Å². The van der Waals surface area contributed by atoms with E-state index >= 15 is 0 Å². The molecule has 186 valence electrons. The second-order valence-corrected chi connectivity index (χ2v) is 8.69. The molecule has 0 N–H and O–H groups in total. The van der Waals surface area contributed by atoms with Crippen LogP contribution in [0.2, 0.25) is 15.1 Å². The van der Waals surface area contributed by atoms with Crippen LogP contribution in [0.5, 0.6) is 5.75 Å². The molecule has 12 heteroatoms. The Labute approximate surface area is 216 Å². The van der Waals surface area contributed by atoms with E-state index in [-0.39, 0.29) is 44.3 Å². The minimum absolute atomic E-state index is 0.0461. The third-order valence-corrected chi connectivity index (χ3v) is 6.05. The molecule has 0 bridgehead atoms. The summed E-state index contributed by atoms with van der Waals surface area (Å²) in [5.41, 5.74) is -0.745. The quantitative estimate of drug-likeness (QED) is 0.138. The van der Waals surface area contributed by atoms with Gasteiger partial charge in [-0.25, -0.2) is 22.0 Å². The van der Waals surface area contributed by atoms with Crippen LogP contribution in [0, 0.1) is 29.1 Å². The highest BCUT2D eigenvalue weighted by Crippen LogP contribution is 2.37. The van der Waals surface area contributed by atoms with E-state index < -0.39 is 40.7 Å². The number of hydrazone groups is 1. The largest absolute Gasteiger partial charge is 0.486 e. The summed E-state index contributed by atoms with van der Waals surface area (Å²) in [6, 6.07) is 9.80. The number of amides is 1. The molecule has 4 rings (SSSR count). The fourth-order valence-corrected chi connectivity index (χ4v) is 4.15. The Morgan fingerprint density at radius 1 is 0.889 bits per heavy atom. The highest BCUT2D eigenvalue weighted by atomic mass is 35.5. The smallest absolute Gasteiger partial charge is 0.280 e. The lowest BCUT2D eigenvalue weighted by atomic mass is 10.1. The van der Waals surface area contributed by atoms with E-state index in [1.165, 1.54) is 25.1 Å². The number of benzene rings is 3. The zero-order valence-electron chi connectivity index (χ0n) is 18.0. The molecule has 1 heterocycles. The monoisotopic (exact) mass is 560 g/mol. The molecule has 1 aliphatic heterocycles. The van der Waals surface area contributed by atoms with Gasteiger partial charge < -0.3 is 4.74 Å². The van der Waals surface area contributed by atoms with Gasteiger partial charge in [-0.15, -0.1) is 0 Å². The topological polar surface area (TPSA) is 41.9 Å². The summed E-state index contributed by atoms with van der Waals surface area (Å²) < 4.78 is 74.8. The maximum atomic E-state index is 14.2. The Balaban J connectivity index is 1.64. The first-order valence-corrected chi connectivity index (χ1v) is 11.1. The standard InChI is InChI=1S/C24H12Cl3F5N2O2/c1-10-13(24(35)34(33-10)22-20(31)18(29)17(28)19(30)21(22)32)6-11-7-15(26)23(16(27)8-11)36-9-12-4-2-3-5-14(12)25/h2-8H,9H2,1H3/b13-6+. The molecule has 0 fully saturated rings. The molecule has 0 spiro atoms. The van der Waals surface area contributed by atoms with Crippen molar-refractivity contribution in [2.24, 2.45) is 5.10 Å². The van der Waals surface area contributed by atoms with Crippen LogP contribution < -0.4 is 9.75 Å². The average Bonchev–Trinajstić information content (AvgIpc) is 3.10. The fraction of sp³-hybridized carbons (Fsp3) is 0.0833. The van der Waals surface area contributed by atoms with Gasteiger partial charge >= 0.3 is 0 Å². The predicted molar refractivity (Wildman–Crippen MR) is 127 cm³/mol. The number of halogens is 8. The summed E-state index contributed by atoms with van der Waals surface area (Å²) in [6.45, 7) is 1.39. The van der Waals surface area contributed by atoms with Crippen LogP contribution >= 0.6 is 34.8 Å². The maximum Gasteiger partial charge on any atom is 0.280 e. The number of rotatable bonds is 5. The second-order valence-electron chi connectivity index (χ2n) is 7.47. The minimum Gasteiger partial charge on any atom is -0.486 e. The van der Waals surface area contributed by atoms with Crippen molar-refractivity contribution in [3.8, 4) is 5.75 Å². The van der Waals surface area contributed by atoms with Gasteiger partial charge in [-0.05, 0) is 36.8 Å². The minimum atomic E-state index is -2.35. The predicted octanol–water partition coefficient (Wildman–Crippen LogP) is 7.73. The van der Waals surface area contributed by atoms with E-state index in [1.54, 1.807) is 24.3 Å². The lowest BCUT2D eigenvalue weighted by molar-refractivity contribution is -0.114. The molecule has 3 aromatic carbocycles. The zero-order valence-corrected chi connectivity index (χ0v) is 20.3. The first kappa shape index (κ1) is 25.9. The van der Waals surface area contributed by atoms with Crippen molar-refractivity contribution in [3.63, 3.8) is 0 Å². The molecule has 0 saturated carbocycles. The number of hydrogen-bond donors (Lipinski definition) is 0. The van der Waals surface area contributed by atoms with Gasteiger partial charge in [0.2, 0.25) is 5.82 Å². The third-order valence-electron chi connectivity index (χ3n) is 5.12. The summed E-state index contributed by atoms with van der Waals surface area (Å²) in [6.07, 6.45) is 1.25. The molecular weight excluding hydrogens is 550 g/mol. The molecule has 0 unspecified atom stereocenters. The number of nitrogens with zero attached hydrogens (tertiary/aromatic N) is 2. The fourth-order valence-electron chi connectivity index (χ4n) is 3.35. The van der Waals surface area contributed by atoms with Gasteiger partial charge in [-0.2, -0.15) is 10.1 Å². The number of carbonyl (C=O) groups excluding carboxylic acids is 1. The molecule has 3 aromatic rings. The van der Waals surface area contributed by atoms with Gasteiger partial charge in [0.05, 0.1) is 21.3 Å². The van der Waals surface area contributed by atoms with Crippen LogP contribution in [-0.2, 0) is 11.4 Å². The highest BCUT2D eigenvalue weighted by Gasteiger charge is 2.37. The highest BCUT2D eigenvalue weighted by molar-refractivity contribution is 6.38. The number of ether oxygens (including phenoxy) is 1. The second kappa shape index (κ2) is 10.1. The molecule has 0 atom stereocenters. The number of hydrogen-bond acceptors (Lipinski definition) is 3. The summed E-state index contributed by atoms with van der Waals surface area (Å²) in [5.74, 6) is -12.1. The zero-order chi connectivity index (χ0) is 26.3. The van der Waals surface area contributed by atoms with Crippen molar-refractivity contribution in [2.45, 2.75) is 13.5 Å². The molecule has 36 heavy (non-hydrogen) atoms. The van der Waals surface area contributed by atoms with Crippen molar-refractivity contribution in [3.05, 3.63) is 97.3 Å². The molecule has 0 aromatic heterocycles. The van der Waals surface area contributed by atoms with Crippen LogP contribution in [-0.4, -0.2) is 11.6 Å². The summed E-state index contributed by atoms with van der Waals surface area (Å²) in [7, 11) is 0. The van der Waals surface area contributed by atoms with Crippen LogP contribution in [0.25, 0.3) is 6.08 Å². The number of anilines is 1. The molecule has 0 aliphatic carbocycles. The molecular formula is C24H12Cl3F5N2O2. The van der Waals surface area contributed by atoms with Gasteiger partial charge in [-0.1, -0.05) is 53.0 Å². The van der Waals surface area contributed by atoms with Crippen LogP contribution in [0.4, 0.5) is 27.6 Å². The Kier molecular flexibility index (Phi) is 7.26. The van der Waals surface area contributed by atoms with Crippen LogP contribution in [0.1, 0.15) is 18.1 Å². The van der Waals surface area contributed by atoms with E-state index in [1.807, 2.05) is 0 Å². The Bertz CT molecular complexity index is 1420. The normalized spacial score (nSPS) is 14.6. The third kappa shape index (κ3) is 4.66. The first-order valence-electron chi connectivity index (χ1n) is 9.99. The number of carbonyl (C=O) groups is 1. The van der Waals surface area contributed by atoms with Crippen molar-refractivity contribution < 1.29 is 31.5 Å². The van der Waals surface area contributed by atoms with Crippen molar-refractivity contribution in [1.29, 1.82) is 0 Å². The van der Waals surface area contributed by atoms with Gasteiger partial charge in [-0.3, -0.25) is 4.79 Å². The van der Waals surface area contributed by atoms with E-state index in [2.05, 4.69) is 5.10 Å². The van der Waals surface area contributed by atoms with Crippen molar-refractivity contribution in [1.82, 2.24) is 0 Å². The maximum absolute atomic E-state index is 14.2. The van der Waals surface area contributed by atoms with Crippen LogP contribution in [0.15, 0.2) is 47.1 Å². The lowest BCUT2D eigenvalue weighted by Gasteiger charge is -2.15. The summed E-state index contributed by atoms with van der Waals surface area (Å²) in [5, 5.41) is 4.44. The SMILES string of the molecule is CC1=NN(c2c(F)c(F)c(F)c(F)c2F)C(=O)/C1=C/c1cc(Cl)c(OCc2ccccc2Cl)c(Cl)c1. The molecule has 0 saturated heterocycles. The molecule has 1 aliphatic rings. The van der Waals surface area contributed by atoms with E-state index in [0.717, 1.165) is 0 Å². The summed E-state index contributed by atoms with van der Waals surface area (Å²) >= 11 is 18.7. The van der Waals surface area contributed by atoms with Gasteiger partial charge in [0, 0.05) is 10.6 Å². The van der Waals surface area contributed by atoms with Gasteiger partial charge in [0.25, 0.3) is 5.91 Å². The van der Waals surface area contributed by atoms with Gasteiger partial charge in [0.15, 0.2) is 29.0 Å². The molecule has 1 amide bonds. The van der Waals surface area contributed by atoms with E-state index in [0.29, 0.717) is 10.6 Å². The van der Waals surface area contributed by atoms with Crippen LogP contribution in [0.3, 0.4) is 0 Å². The van der Waals surface area contributed by atoms with Crippen molar-refractivity contribution >= 4 is 58.2 Å². The Morgan fingerprint density at radius 2 is 1.44 bits per heavy atom. The Morgan fingerprint density at radius 3 is 2.03 bits per heavy atom. The average molecular weight is 562 g/mol. The van der Waals surface area contributed by atoms with E-state index in [9.17, 15) is 26.7 Å². The first-order chi connectivity index (χ1) is 17.0. The lowest BCUT2D eigenvalue weighted by Crippen LogP contribution is -2.25.